The van der Waals surface area contributed by atoms with Crippen molar-refractivity contribution < 1.29 is 4.74 Å². The molecule has 0 radical (unpaired) electrons. The monoisotopic (exact) mass is 211 g/mol. The molecule has 15 heavy (non-hydrogen) atoms. The van der Waals surface area contributed by atoms with E-state index in [0.29, 0.717) is 6.10 Å². The van der Waals surface area contributed by atoms with Gasteiger partial charge in [0.25, 0.3) is 0 Å². The van der Waals surface area contributed by atoms with E-state index in [1.54, 1.807) is 0 Å². The van der Waals surface area contributed by atoms with Gasteiger partial charge in [-0.05, 0) is 45.6 Å². The van der Waals surface area contributed by atoms with E-state index in [1.807, 2.05) is 0 Å². The third-order valence-electron chi connectivity index (χ3n) is 4.32. The van der Waals surface area contributed by atoms with E-state index in [9.17, 15) is 0 Å². The number of nitrogens with zero attached hydrogens (tertiary/aromatic N) is 1. The van der Waals surface area contributed by atoms with Gasteiger partial charge in [-0.1, -0.05) is 12.8 Å². The molecule has 0 aromatic carbocycles. The van der Waals surface area contributed by atoms with Gasteiger partial charge in [0.1, 0.15) is 0 Å². The largest absolute Gasteiger partial charge is 0.377 e. The second kappa shape index (κ2) is 5.31. The third-order valence-corrected chi connectivity index (χ3v) is 4.32. The highest BCUT2D eigenvalue weighted by Crippen LogP contribution is 2.34. The molecule has 0 N–H and O–H groups in total. The van der Waals surface area contributed by atoms with Crippen LogP contribution in [0.5, 0.6) is 0 Å². The maximum absolute atomic E-state index is 5.95. The predicted molar refractivity (Wildman–Crippen MR) is 63.0 cm³/mol. The fraction of sp³-hybridized carbons (Fsp3) is 1.00. The summed E-state index contributed by atoms with van der Waals surface area (Å²) in [7, 11) is 2.23. The van der Waals surface area contributed by atoms with Crippen molar-refractivity contribution in [3.63, 3.8) is 0 Å². The van der Waals surface area contributed by atoms with Gasteiger partial charge in [0, 0.05) is 12.6 Å². The number of hydrogen-bond donors (Lipinski definition) is 0. The molecule has 0 spiro atoms. The van der Waals surface area contributed by atoms with E-state index in [4.69, 9.17) is 4.74 Å². The lowest BCUT2D eigenvalue weighted by Gasteiger charge is -2.36. The summed E-state index contributed by atoms with van der Waals surface area (Å²) in [5.74, 6) is 0.892. The maximum Gasteiger partial charge on any atom is 0.0604 e. The molecule has 2 nitrogen and oxygen atoms in total. The molecule has 2 aliphatic rings. The van der Waals surface area contributed by atoms with E-state index in [0.717, 1.165) is 25.1 Å². The van der Waals surface area contributed by atoms with Crippen LogP contribution in [0.25, 0.3) is 0 Å². The molecule has 88 valence electrons. The molecule has 1 aliphatic heterocycles. The normalized spacial score (nSPS) is 40.0. The van der Waals surface area contributed by atoms with Crippen molar-refractivity contribution in [3.8, 4) is 0 Å². The molecule has 1 saturated carbocycles. The molecular weight excluding hydrogens is 186 g/mol. The standard InChI is InChI=1S/C13H25NO/c1-11-5-3-4-6-12-7-8-13(12)15-10-9-14(11)2/h11-13H,3-10H2,1-2H3. The summed E-state index contributed by atoms with van der Waals surface area (Å²) in [4.78, 5) is 2.44. The molecule has 1 aliphatic carbocycles. The summed E-state index contributed by atoms with van der Waals surface area (Å²) in [5, 5.41) is 0. The highest BCUT2D eigenvalue weighted by molar-refractivity contribution is 4.82. The van der Waals surface area contributed by atoms with Crippen LogP contribution < -0.4 is 0 Å². The van der Waals surface area contributed by atoms with E-state index in [1.165, 1.54) is 38.5 Å². The van der Waals surface area contributed by atoms with Gasteiger partial charge in [0.2, 0.25) is 0 Å². The summed E-state index contributed by atoms with van der Waals surface area (Å²) < 4.78 is 5.95. The molecule has 2 heteroatoms. The minimum atomic E-state index is 0.604. The highest BCUT2D eigenvalue weighted by atomic mass is 16.5. The van der Waals surface area contributed by atoms with Crippen molar-refractivity contribution in [1.82, 2.24) is 4.90 Å². The lowest BCUT2D eigenvalue weighted by Crippen LogP contribution is -2.37. The minimum absolute atomic E-state index is 0.604. The van der Waals surface area contributed by atoms with Crippen LogP contribution in [0.4, 0.5) is 0 Å². The van der Waals surface area contributed by atoms with Crippen molar-refractivity contribution in [3.05, 3.63) is 0 Å². The predicted octanol–water partition coefficient (Wildman–Crippen LogP) is 2.68. The first-order chi connectivity index (χ1) is 7.27. The zero-order valence-corrected chi connectivity index (χ0v) is 10.2. The van der Waals surface area contributed by atoms with E-state index in [-0.39, 0.29) is 0 Å². The SMILES string of the molecule is CC1CCCCC2CCC2OCCN1C. The Morgan fingerprint density at radius 1 is 1.07 bits per heavy atom. The van der Waals surface area contributed by atoms with Crippen LogP contribution in [0.15, 0.2) is 0 Å². The average Bonchev–Trinajstić information content (AvgIpc) is 2.21. The molecule has 1 saturated heterocycles. The molecule has 3 unspecified atom stereocenters. The van der Waals surface area contributed by atoms with E-state index < -0.39 is 0 Å². The quantitative estimate of drug-likeness (QED) is 0.611. The van der Waals surface area contributed by atoms with Gasteiger partial charge in [-0.3, -0.25) is 0 Å². The van der Waals surface area contributed by atoms with Crippen LogP contribution in [0, 0.1) is 5.92 Å². The molecule has 0 aromatic heterocycles. The van der Waals surface area contributed by atoms with Crippen LogP contribution in [0.1, 0.15) is 45.4 Å². The third kappa shape index (κ3) is 2.94. The summed E-state index contributed by atoms with van der Waals surface area (Å²) >= 11 is 0. The second-order valence-electron chi connectivity index (χ2n) is 5.36. The van der Waals surface area contributed by atoms with Gasteiger partial charge < -0.3 is 9.64 Å². The van der Waals surface area contributed by atoms with E-state index in [2.05, 4.69) is 18.9 Å². The van der Waals surface area contributed by atoms with Crippen molar-refractivity contribution in [2.24, 2.45) is 5.92 Å². The Hall–Kier alpha value is -0.0800. The first-order valence-corrected chi connectivity index (χ1v) is 6.59. The zero-order chi connectivity index (χ0) is 10.7. The Labute approximate surface area is 94.0 Å². The maximum atomic E-state index is 5.95. The van der Waals surface area contributed by atoms with E-state index >= 15 is 0 Å². The van der Waals surface area contributed by atoms with Gasteiger partial charge in [-0.25, -0.2) is 0 Å². The first kappa shape index (κ1) is 11.4. The number of fused-ring (bicyclic) bond motifs is 1. The van der Waals surface area contributed by atoms with Gasteiger partial charge in [-0.2, -0.15) is 0 Å². The summed E-state index contributed by atoms with van der Waals surface area (Å²) in [6.45, 7) is 4.37. The fourth-order valence-corrected chi connectivity index (χ4v) is 2.72. The van der Waals surface area contributed by atoms with Gasteiger partial charge in [-0.15, -0.1) is 0 Å². The number of rotatable bonds is 0. The molecular formula is C13H25NO. The van der Waals surface area contributed by atoms with Crippen molar-refractivity contribution in [2.45, 2.75) is 57.6 Å². The lowest BCUT2D eigenvalue weighted by atomic mass is 9.78. The van der Waals surface area contributed by atoms with Gasteiger partial charge in [0.15, 0.2) is 0 Å². The molecule has 2 fully saturated rings. The Morgan fingerprint density at radius 2 is 1.87 bits per heavy atom. The van der Waals surface area contributed by atoms with Gasteiger partial charge >= 0.3 is 0 Å². The smallest absolute Gasteiger partial charge is 0.0604 e. The van der Waals surface area contributed by atoms with Crippen molar-refractivity contribution in [2.75, 3.05) is 20.2 Å². The number of likely N-dealkylation sites (N-methyl/N-ethyl adjacent to an activating group) is 1. The lowest BCUT2D eigenvalue weighted by molar-refractivity contribution is -0.0539. The number of hydrogen-bond acceptors (Lipinski definition) is 2. The summed E-state index contributed by atoms with van der Waals surface area (Å²) in [5.41, 5.74) is 0. The van der Waals surface area contributed by atoms with Gasteiger partial charge in [0.05, 0.1) is 12.7 Å². The average molecular weight is 211 g/mol. The van der Waals surface area contributed by atoms with Crippen LogP contribution in [-0.4, -0.2) is 37.2 Å². The van der Waals surface area contributed by atoms with Crippen LogP contribution in [0.2, 0.25) is 0 Å². The first-order valence-electron chi connectivity index (χ1n) is 6.59. The fourth-order valence-electron chi connectivity index (χ4n) is 2.72. The topological polar surface area (TPSA) is 12.5 Å². The Bertz CT molecular complexity index is 185. The van der Waals surface area contributed by atoms with Crippen LogP contribution >= 0.6 is 0 Å². The second-order valence-corrected chi connectivity index (χ2v) is 5.36. The Kier molecular flexibility index (Phi) is 4.04. The van der Waals surface area contributed by atoms with Crippen LogP contribution in [-0.2, 0) is 4.74 Å². The zero-order valence-electron chi connectivity index (χ0n) is 10.2. The molecule has 0 bridgehead atoms. The Morgan fingerprint density at radius 3 is 2.60 bits per heavy atom. The summed E-state index contributed by atoms with van der Waals surface area (Å²) in [6.07, 6.45) is 8.89. The molecule has 1 heterocycles. The minimum Gasteiger partial charge on any atom is -0.377 e. The van der Waals surface area contributed by atoms with Crippen LogP contribution in [0.3, 0.4) is 0 Å². The highest BCUT2D eigenvalue weighted by Gasteiger charge is 2.31. The molecule has 0 aromatic rings. The van der Waals surface area contributed by atoms with Crippen molar-refractivity contribution >= 4 is 0 Å². The molecule has 0 amide bonds. The molecule has 2 rings (SSSR count). The number of ether oxygens (including phenoxy) is 1. The Balaban J connectivity index is 1.83. The van der Waals surface area contributed by atoms with Crippen molar-refractivity contribution in [1.29, 1.82) is 0 Å². The molecule has 3 atom stereocenters. The summed E-state index contributed by atoms with van der Waals surface area (Å²) in [6, 6.07) is 0.726.